The van der Waals surface area contributed by atoms with Gasteiger partial charge in [-0.2, -0.15) is 0 Å². The van der Waals surface area contributed by atoms with E-state index in [1.807, 2.05) is 12.1 Å². The Balaban J connectivity index is 2.05. The smallest absolute Gasteiger partial charge is 0.379 e. The highest BCUT2D eigenvalue weighted by molar-refractivity contribution is 5.79. The van der Waals surface area contributed by atoms with Gasteiger partial charge in [0.2, 0.25) is 5.75 Å². The predicted octanol–water partition coefficient (Wildman–Crippen LogP) is 3.44. The maximum absolute atomic E-state index is 11.7. The molecule has 0 aliphatic rings. The number of ether oxygens (including phenoxy) is 1. The van der Waals surface area contributed by atoms with E-state index in [2.05, 4.69) is 6.58 Å². The van der Waals surface area contributed by atoms with Gasteiger partial charge in [0.15, 0.2) is 0 Å². The Morgan fingerprint density at radius 2 is 2.10 bits per heavy atom. The van der Waals surface area contributed by atoms with E-state index in [9.17, 15) is 9.59 Å². The van der Waals surface area contributed by atoms with Crippen molar-refractivity contribution in [2.75, 3.05) is 0 Å². The summed E-state index contributed by atoms with van der Waals surface area (Å²) in [5.41, 5.74) is -0.161. The number of fused-ring (bicyclic) bond motifs is 1. The predicted molar refractivity (Wildman–Crippen MR) is 76.8 cm³/mol. The molecule has 0 unspecified atom stereocenters. The number of para-hydroxylation sites is 1. The molecule has 0 aliphatic heterocycles. The van der Waals surface area contributed by atoms with Gasteiger partial charge < -0.3 is 9.15 Å². The molecule has 4 nitrogen and oxygen atoms in total. The van der Waals surface area contributed by atoms with Crippen molar-refractivity contribution in [1.82, 2.24) is 0 Å². The van der Waals surface area contributed by atoms with E-state index >= 15 is 0 Å². The van der Waals surface area contributed by atoms with Gasteiger partial charge in [0.25, 0.3) is 0 Å². The summed E-state index contributed by atoms with van der Waals surface area (Å²) in [6.07, 6.45) is 4.55. The molecule has 0 saturated carbocycles. The Hall–Kier alpha value is -2.36. The molecule has 20 heavy (non-hydrogen) atoms. The van der Waals surface area contributed by atoms with Gasteiger partial charge in [0.05, 0.1) is 0 Å². The van der Waals surface area contributed by atoms with Crippen LogP contribution in [0.3, 0.4) is 0 Å². The van der Waals surface area contributed by atoms with Crippen molar-refractivity contribution in [3.05, 3.63) is 53.4 Å². The summed E-state index contributed by atoms with van der Waals surface area (Å²) in [6, 6.07) is 8.61. The molecule has 0 atom stereocenters. The number of hydrogen-bond acceptors (Lipinski definition) is 4. The molecule has 2 rings (SSSR count). The van der Waals surface area contributed by atoms with Gasteiger partial charge >= 0.3 is 11.6 Å². The van der Waals surface area contributed by atoms with Crippen molar-refractivity contribution in [1.29, 1.82) is 0 Å². The number of rotatable bonds is 6. The Kier molecular flexibility index (Phi) is 4.71. The van der Waals surface area contributed by atoms with Gasteiger partial charge in [-0.25, -0.2) is 4.79 Å². The molecule has 2 aromatic rings. The van der Waals surface area contributed by atoms with Crippen molar-refractivity contribution < 1.29 is 13.9 Å². The lowest BCUT2D eigenvalue weighted by Crippen LogP contribution is -2.13. The number of allylic oxidation sites excluding steroid dienone is 1. The molecular weight excluding hydrogens is 256 g/mol. The van der Waals surface area contributed by atoms with E-state index in [4.69, 9.17) is 9.15 Å². The second kappa shape index (κ2) is 6.70. The molecule has 0 saturated heterocycles. The minimum absolute atomic E-state index is 0.0579. The van der Waals surface area contributed by atoms with Gasteiger partial charge in [-0.1, -0.05) is 24.3 Å². The van der Waals surface area contributed by atoms with Crippen molar-refractivity contribution in [2.45, 2.75) is 25.7 Å². The zero-order chi connectivity index (χ0) is 14.4. The van der Waals surface area contributed by atoms with Crippen LogP contribution in [0.5, 0.6) is 5.75 Å². The topological polar surface area (TPSA) is 56.5 Å². The first-order chi connectivity index (χ1) is 9.70. The van der Waals surface area contributed by atoms with Gasteiger partial charge in [-0.15, -0.1) is 6.58 Å². The van der Waals surface area contributed by atoms with E-state index in [1.54, 1.807) is 18.2 Å². The van der Waals surface area contributed by atoms with Gasteiger partial charge in [0.1, 0.15) is 5.58 Å². The summed E-state index contributed by atoms with van der Waals surface area (Å²) in [5.74, 6) is -0.478. The van der Waals surface area contributed by atoms with E-state index < -0.39 is 11.6 Å². The zero-order valence-corrected chi connectivity index (χ0v) is 11.1. The average Bonchev–Trinajstić information content (AvgIpc) is 2.44. The molecule has 0 N–H and O–H groups in total. The number of hydrogen-bond donors (Lipinski definition) is 0. The fourth-order valence-corrected chi connectivity index (χ4v) is 1.85. The largest absolute Gasteiger partial charge is 0.420 e. The van der Waals surface area contributed by atoms with Crippen LogP contribution in [-0.2, 0) is 4.79 Å². The number of carbonyl (C=O) groups is 1. The number of unbranched alkanes of at least 4 members (excludes halogenated alkanes) is 2. The first kappa shape index (κ1) is 14.1. The lowest BCUT2D eigenvalue weighted by Gasteiger charge is -2.03. The third kappa shape index (κ3) is 3.57. The van der Waals surface area contributed by atoms with Crippen molar-refractivity contribution in [3.63, 3.8) is 0 Å². The normalized spacial score (nSPS) is 10.4. The van der Waals surface area contributed by atoms with Crippen molar-refractivity contribution in [2.24, 2.45) is 0 Å². The van der Waals surface area contributed by atoms with Crippen LogP contribution in [0.15, 0.2) is 52.2 Å². The van der Waals surface area contributed by atoms with E-state index in [0.717, 1.165) is 18.2 Å². The highest BCUT2D eigenvalue weighted by atomic mass is 16.5. The molecule has 0 bridgehead atoms. The summed E-state index contributed by atoms with van der Waals surface area (Å²) >= 11 is 0. The minimum atomic E-state index is -0.636. The minimum Gasteiger partial charge on any atom is -0.420 e. The van der Waals surface area contributed by atoms with Crippen LogP contribution < -0.4 is 10.4 Å². The molecule has 0 aliphatic carbocycles. The molecule has 0 amide bonds. The Bertz CT molecular complexity index is 669. The first-order valence-corrected chi connectivity index (χ1v) is 6.55. The maximum Gasteiger partial charge on any atom is 0.379 e. The number of benzene rings is 1. The summed E-state index contributed by atoms with van der Waals surface area (Å²) < 4.78 is 10.2. The van der Waals surface area contributed by atoms with Crippen LogP contribution in [0.1, 0.15) is 25.7 Å². The van der Waals surface area contributed by atoms with Gasteiger partial charge in [-0.05, 0) is 31.4 Å². The van der Waals surface area contributed by atoms with Crippen molar-refractivity contribution in [3.8, 4) is 5.75 Å². The standard InChI is InChI=1S/C16H16O4/c1-2-3-4-5-10-15(17)19-14-11-12-8-6-7-9-13(12)20-16(14)18/h2,6-9,11H,1,3-5,10H2. The molecule has 0 fully saturated rings. The summed E-state index contributed by atoms with van der Waals surface area (Å²) in [5, 5.41) is 0.724. The van der Waals surface area contributed by atoms with Gasteiger partial charge in [-0.3, -0.25) is 4.79 Å². The second-order valence-corrected chi connectivity index (χ2v) is 4.44. The van der Waals surface area contributed by atoms with Crippen LogP contribution in [-0.4, -0.2) is 5.97 Å². The SMILES string of the molecule is C=CCCCCC(=O)Oc1cc2ccccc2oc1=O. The zero-order valence-electron chi connectivity index (χ0n) is 11.1. The first-order valence-electron chi connectivity index (χ1n) is 6.55. The van der Waals surface area contributed by atoms with E-state index in [-0.39, 0.29) is 12.2 Å². The number of carbonyl (C=O) groups excluding carboxylic acids is 1. The van der Waals surface area contributed by atoms with E-state index in [0.29, 0.717) is 12.0 Å². The third-order valence-electron chi connectivity index (χ3n) is 2.87. The van der Waals surface area contributed by atoms with Crippen LogP contribution in [0, 0.1) is 0 Å². The number of esters is 1. The van der Waals surface area contributed by atoms with Crippen molar-refractivity contribution >= 4 is 16.9 Å². The highest BCUT2D eigenvalue weighted by Gasteiger charge is 2.10. The summed E-state index contributed by atoms with van der Waals surface area (Å²) in [4.78, 5) is 23.3. The molecule has 0 radical (unpaired) electrons. The summed E-state index contributed by atoms with van der Waals surface area (Å²) in [7, 11) is 0. The quantitative estimate of drug-likeness (QED) is 0.350. The fraction of sp³-hybridized carbons (Fsp3) is 0.250. The molecule has 1 heterocycles. The van der Waals surface area contributed by atoms with Crippen LogP contribution in [0.2, 0.25) is 0 Å². The maximum atomic E-state index is 11.7. The monoisotopic (exact) mass is 272 g/mol. The lowest BCUT2D eigenvalue weighted by molar-refractivity contribution is -0.134. The molecule has 104 valence electrons. The Labute approximate surface area is 116 Å². The van der Waals surface area contributed by atoms with Crippen LogP contribution in [0.25, 0.3) is 11.0 Å². The Morgan fingerprint density at radius 3 is 2.90 bits per heavy atom. The molecule has 0 spiro atoms. The molecule has 1 aromatic heterocycles. The van der Waals surface area contributed by atoms with Crippen LogP contribution >= 0.6 is 0 Å². The Morgan fingerprint density at radius 1 is 1.30 bits per heavy atom. The molecule has 1 aromatic carbocycles. The van der Waals surface area contributed by atoms with E-state index in [1.165, 1.54) is 6.07 Å². The second-order valence-electron chi connectivity index (χ2n) is 4.44. The third-order valence-corrected chi connectivity index (χ3v) is 2.87. The highest BCUT2D eigenvalue weighted by Crippen LogP contribution is 2.17. The fourth-order valence-electron chi connectivity index (χ4n) is 1.85. The molecular formula is C16H16O4. The van der Waals surface area contributed by atoms with Crippen LogP contribution in [0.4, 0.5) is 0 Å². The lowest BCUT2D eigenvalue weighted by atomic mass is 10.2. The average molecular weight is 272 g/mol. The van der Waals surface area contributed by atoms with Gasteiger partial charge in [0, 0.05) is 11.8 Å². The summed E-state index contributed by atoms with van der Waals surface area (Å²) in [6.45, 7) is 3.62. The molecule has 4 heteroatoms.